The van der Waals surface area contributed by atoms with Gasteiger partial charge in [0.25, 0.3) is 0 Å². The Balaban J connectivity index is 1.68. The zero-order valence-electron chi connectivity index (χ0n) is 17.0. The highest BCUT2D eigenvalue weighted by atomic mass is 32.2. The highest BCUT2D eigenvalue weighted by Gasteiger charge is 2.53. The van der Waals surface area contributed by atoms with Crippen LogP contribution in [0.15, 0.2) is 42.5 Å². The first kappa shape index (κ1) is 19.8. The third-order valence-corrected chi connectivity index (χ3v) is 7.45. The van der Waals surface area contributed by atoms with Gasteiger partial charge in [0.1, 0.15) is 5.75 Å². The summed E-state index contributed by atoms with van der Waals surface area (Å²) in [5.74, 6) is 0.743. The van der Waals surface area contributed by atoms with Crippen LogP contribution in [0.2, 0.25) is 0 Å². The maximum absolute atomic E-state index is 13.4. The number of anilines is 1. The molecule has 0 aliphatic carbocycles. The second-order valence-electron chi connectivity index (χ2n) is 7.85. The van der Waals surface area contributed by atoms with E-state index in [9.17, 15) is 13.2 Å². The van der Waals surface area contributed by atoms with Crippen LogP contribution in [-0.2, 0) is 16.4 Å². The molecule has 0 saturated carbocycles. The van der Waals surface area contributed by atoms with E-state index in [0.29, 0.717) is 18.8 Å². The van der Waals surface area contributed by atoms with Gasteiger partial charge in [-0.05, 0) is 56.2 Å². The second kappa shape index (κ2) is 7.37. The molecule has 29 heavy (non-hydrogen) atoms. The van der Waals surface area contributed by atoms with Crippen molar-refractivity contribution in [1.82, 2.24) is 4.90 Å². The number of rotatable bonds is 5. The molecule has 2 fully saturated rings. The van der Waals surface area contributed by atoms with Gasteiger partial charge in [0.2, 0.25) is 0 Å². The Bertz CT molecular complexity index is 1030. The Kier molecular flexibility index (Phi) is 5.02. The quantitative estimate of drug-likeness (QED) is 0.704. The van der Waals surface area contributed by atoms with Crippen molar-refractivity contribution in [3.05, 3.63) is 59.2 Å². The lowest BCUT2D eigenvalue weighted by atomic mass is 10.0. The Morgan fingerprint density at radius 3 is 2.41 bits per heavy atom. The Morgan fingerprint density at radius 1 is 1.03 bits per heavy atom. The first-order valence-corrected chi connectivity index (χ1v) is 11.7. The van der Waals surface area contributed by atoms with Crippen LogP contribution in [0.4, 0.5) is 10.5 Å². The van der Waals surface area contributed by atoms with Crippen molar-refractivity contribution in [3.8, 4) is 5.75 Å². The molecule has 2 aromatic rings. The third-order valence-electron chi connectivity index (χ3n) is 5.75. The van der Waals surface area contributed by atoms with E-state index in [1.807, 2.05) is 57.2 Å². The van der Waals surface area contributed by atoms with E-state index < -0.39 is 9.84 Å². The molecule has 7 heteroatoms. The van der Waals surface area contributed by atoms with Crippen molar-refractivity contribution in [2.24, 2.45) is 0 Å². The number of sulfone groups is 1. The van der Waals surface area contributed by atoms with E-state index in [2.05, 4.69) is 6.07 Å². The summed E-state index contributed by atoms with van der Waals surface area (Å²) >= 11 is 0. The number of nitrogens with zero attached hydrogens (tertiary/aromatic N) is 2. The molecule has 0 unspecified atom stereocenters. The van der Waals surface area contributed by atoms with Gasteiger partial charge in [0.15, 0.2) is 9.84 Å². The molecule has 4 rings (SSSR count). The number of hydrogen-bond donors (Lipinski definition) is 0. The number of ether oxygens (including phenoxy) is 1. The smallest absolute Gasteiger partial charge is 0.325 e. The Morgan fingerprint density at radius 2 is 1.72 bits per heavy atom. The molecule has 6 nitrogen and oxygen atoms in total. The van der Waals surface area contributed by atoms with E-state index in [1.165, 1.54) is 0 Å². The first-order chi connectivity index (χ1) is 13.8. The van der Waals surface area contributed by atoms with E-state index in [4.69, 9.17) is 4.74 Å². The largest absolute Gasteiger partial charge is 0.494 e. The molecular formula is C22H26N2O4S. The minimum Gasteiger partial charge on any atom is -0.494 e. The Hall–Kier alpha value is -2.54. The molecule has 2 amide bonds. The number of carbonyl (C=O) groups excluding carboxylic acids is 1. The van der Waals surface area contributed by atoms with Crippen molar-refractivity contribution in [3.63, 3.8) is 0 Å². The van der Waals surface area contributed by atoms with Gasteiger partial charge in [0.05, 0.1) is 30.2 Å². The molecule has 0 radical (unpaired) electrons. The summed E-state index contributed by atoms with van der Waals surface area (Å²) in [5, 5.41) is 0. The minimum absolute atomic E-state index is 0.0000816. The maximum Gasteiger partial charge on any atom is 0.325 e. The van der Waals surface area contributed by atoms with Gasteiger partial charge < -0.3 is 9.64 Å². The van der Waals surface area contributed by atoms with Crippen LogP contribution in [0.1, 0.15) is 23.6 Å². The van der Waals surface area contributed by atoms with Gasteiger partial charge in [0, 0.05) is 12.2 Å². The topological polar surface area (TPSA) is 66.9 Å². The van der Waals surface area contributed by atoms with Crippen molar-refractivity contribution in [2.45, 2.75) is 39.4 Å². The maximum atomic E-state index is 13.4. The van der Waals surface area contributed by atoms with Crippen LogP contribution >= 0.6 is 0 Å². The average Bonchev–Trinajstić information content (AvgIpc) is 3.10. The summed E-state index contributed by atoms with van der Waals surface area (Å²) in [7, 11) is -3.19. The van der Waals surface area contributed by atoms with Gasteiger partial charge >= 0.3 is 6.03 Å². The molecule has 0 aromatic heterocycles. The van der Waals surface area contributed by atoms with Gasteiger partial charge in [-0.25, -0.2) is 13.2 Å². The molecule has 2 saturated heterocycles. The lowest BCUT2D eigenvalue weighted by Crippen LogP contribution is -2.37. The monoisotopic (exact) mass is 414 g/mol. The molecule has 154 valence electrons. The molecule has 0 spiro atoms. The lowest BCUT2D eigenvalue weighted by molar-refractivity contribution is 0.205. The lowest BCUT2D eigenvalue weighted by Gasteiger charge is -2.23. The van der Waals surface area contributed by atoms with Gasteiger partial charge in [-0.1, -0.05) is 23.8 Å². The van der Waals surface area contributed by atoms with Crippen molar-refractivity contribution >= 4 is 21.6 Å². The molecule has 0 N–H and O–H groups in total. The van der Waals surface area contributed by atoms with Crippen molar-refractivity contribution in [2.75, 3.05) is 23.0 Å². The predicted octanol–water partition coefficient (Wildman–Crippen LogP) is 3.31. The molecule has 2 atom stereocenters. The molecule has 2 heterocycles. The van der Waals surface area contributed by atoms with E-state index >= 15 is 0 Å². The number of amides is 2. The number of carbonyl (C=O) groups is 1. The highest BCUT2D eigenvalue weighted by molar-refractivity contribution is 7.91. The van der Waals surface area contributed by atoms with Crippen LogP contribution in [-0.4, -0.2) is 49.5 Å². The first-order valence-electron chi connectivity index (χ1n) is 9.88. The SMILES string of the molecule is CCOc1ccc(N2C(=O)N(Cc3cc(C)ccc3C)[C@H]3CS(=O)(=O)C[C@H]32)cc1. The summed E-state index contributed by atoms with van der Waals surface area (Å²) in [5.41, 5.74) is 3.97. The standard InChI is InChI=1S/C22H26N2O4S/c1-4-28-19-9-7-18(8-10-19)24-21-14-29(26,27)13-20(21)23(22(24)25)12-17-11-15(2)5-6-16(17)3/h5-11,20-21H,4,12-14H2,1-3H3/t20-,21+/m0/s1. The molecular weight excluding hydrogens is 388 g/mol. The van der Waals surface area contributed by atoms with Gasteiger partial charge in [-0.2, -0.15) is 0 Å². The fourth-order valence-corrected chi connectivity index (χ4v) is 6.24. The summed E-state index contributed by atoms with van der Waals surface area (Å²) in [6, 6.07) is 12.6. The summed E-state index contributed by atoms with van der Waals surface area (Å²) < 4.78 is 30.3. The average molecular weight is 415 g/mol. The molecule has 0 bridgehead atoms. The van der Waals surface area contributed by atoms with Crippen LogP contribution in [0, 0.1) is 13.8 Å². The van der Waals surface area contributed by atoms with E-state index in [0.717, 1.165) is 22.4 Å². The highest BCUT2D eigenvalue weighted by Crippen LogP contribution is 2.36. The normalized spacial score (nSPS) is 22.8. The van der Waals surface area contributed by atoms with Crippen LogP contribution in [0.3, 0.4) is 0 Å². The minimum atomic E-state index is -3.19. The van der Waals surface area contributed by atoms with E-state index in [1.54, 1.807) is 9.80 Å². The number of fused-ring (bicyclic) bond motifs is 1. The van der Waals surface area contributed by atoms with Crippen LogP contribution in [0.5, 0.6) is 5.75 Å². The van der Waals surface area contributed by atoms with Crippen molar-refractivity contribution in [1.29, 1.82) is 0 Å². The second-order valence-corrected chi connectivity index (χ2v) is 10.0. The van der Waals surface area contributed by atoms with Crippen LogP contribution < -0.4 is 9.64 Å². The molecule has 2 aromatic carbocycles. The fraction of sp³-hybridized carbons (Fsp3) is 0.409. The van der Waals surface area contributed by atoms with Gasteiger partial charge in [-0.15, -0.1) is 0 Å². The summed E-state index contributed by atoms with van der Waals surface area (Å²) in [4.78, 5) is 16.7. The molecule has 2 aliphatic heterocycles. The number of urea groups is 1. The fourth-order valence-electron chi connectivity index (χ4n) is 4.29. The van der Waals surface area contributed by atoms with Crippen molar-refractivity contribution < 1.29 is 17.9 Å². The van der Waals surface area contributed by atoms with Gasteiger partial charge in [-0.3, -0.25) is 4.90 Å². The zero-order valence-corrected chi connectivity index (χ0v) is 17.8. The van der Waals surface area contributed by atoms with Crippen LogP contribution in [0.25, 0.3) is 0 Å². The predicted molar refractivity (Wildman–Crippen MR) is 113 cm³/mol. The van der Waals surface area contributed by atoms with E-state index in [-0.39, 0.29) is 29.6 Å². The number of aryl methyl sites for hydroxylation is 2. The zero-order chi connectivity index (χ0) is 20.8. The third kappa shape index (κ3) is 3.71. The number of benzene rings is 2. The summed E-state index contributed by atoms with van der Waals surface area (Å²) in [6.45, 7) is 6.92. The molecule has 2 aliphatic rings. The summed E-state index contributed by atoms with van der Waals surface area (Å²) in [6.07, 6.45) is 0. The number of hydrogen-bond acceptors (Lipinski definition) is 4. The Labute approximate surface area is 172 Å².